The quantitative estimate of drug-likeness (QED) is 0.884. The van der Waals surface area contributed by atoms with Gasteiger partial charge in [0.2, 0.25) is 0 Å². The minimum atomic E-state index is -3.18. The number of sulfone groups is 1. The van der Waals surface area contributed by atoms with Gasteiger partial charge < -0.3 is 15.2 Å². The summed E-state index contributed by atoms with van der Waals surface area (Å²) in [5.74, 6) is -0.684. The lowest BCUT2D eigenvalue weighted by Gasteiger charge is -2.39. The fraction of sp³-hybridized carbons (Fsp3) is 0.538. The fourth-order valence-electron chi connectivity index (χ4n) is 2.03. The first kappa shape index (κ1) is 14.5. The van der Waals surface area contributed by atoms with Crippen molar-refractivity contribution < 1.29 is 17.9 Å². The molecule has 2 rings (SSSR count). The predicted molar refractivity (Wildman–Crippen MR) is 71.4 cm³/mol. The first-order valence-corrected chi connectivity index (χ1v) is 7.95. The van der Waals surface area contributed by atoms with E-state index >= 15 is 0 Å². The zero-order valence-electron chi connectivity index (χ0n) is 11.3. The third-order valence-corrected chi connectivity index (χ3v) is 4.19. The van der Waals surface area contributed by atoms with Crippen LogP contribution in [0.1, 0.15) is 25.5 Å². The highest BCUT2D eigenvalue weighted by Gasteiger charge is 2.35. The lowest BCUT2D eigenvalue weighted by molar-refractivity contribution is -0.281. The van der Waals surface area contributed by atoms with Crippen molar-refractivity contribution >= 4 is 9.84 Å². The Balaban J connectivity index is 2.26. The van der Waals surface area contributed by atoms with Gasteiger partial charge in [0.05, 0.1) is 17.5 Å². The number of hydrogen-bond donors (Lipinski definition) is 1. The van der Waals surface area contributed by atoms with Crippen molar-refractivity contribution in [2.75, 3.05) is 12.9 Å². The molecule has 1 aromatic rings. The lowest BCUT2D eigenvalue weighted by Crippen LogP contribution is -2.48. The normalized spacial score (nSPS) is 27.2. The maximum Gasteiger partial charge on any atom is 0.175 e. The number of ether oxygens (including phenoxy) is 2. The van der Waals surface area contributed by atoms with E-state index in [0.29, 0.717) is 6.61 Å². The van der Waals surface area contributed by atoms with E-state index < -0.39 is 15.6 Å². The fourth-order valence-corrected chi connectivity index (χ4v) is 2.66. The van der Waals surface area contributed by atoms with Gasteiger partial charge in [0.25, 0.3) is 0 Å². The summed E-state index contributed by atoms with van der Waals surface area (Å²) in [5.41, 5.74) is 6.85. The SMILES string of the molecule is CC1(C)OC[C@H](N)[C@H](c2ccc(S(C)(=O)=O)cc2)O1. The van der Waals surface area contributed by atoms with Gasteiger partial charge in [0.15, 0.2) is 15.6 Å². The predicted octanol–water partition coefficient (Wildman–Crippen LogP) is 1.24. The minimum Gasteiger partial charge on any atom is -0.349 e. The Labute approximate surface area is 113 Å². The molecule has 1 saturated heterocycles. The second kappa shape index (κ2) is 4.86. The molecule has 6 heteroatoms. The molecule has 19 heavy (non-hydrogen) atoms. The molecular formula is C13H19NO4S. The topological polar surface area (TPSA) is 78.6 Å². The Hall–Kier alpha value is -0.950. The van der Waals surface area contributed by atoms with E-state index in [1.807, 2.05) is 13.8 Å². The third-order valence-electron chi connectivity index (χ3n) is 3.06. The van der Waals surface area contributed by atoms with Crippen LogP contribution in [0.2, 0.25) is 0 Å². The van der Waals surface area contributed by atoms with E-state index in [0.717, 1.165) is 5.56 Å². The van der Waals surface area contributed by atoms with Gasteiger partial charge in [-0.3, -0.25) is 0 Å². The molecule has 0 saturated carbocycles. The van der Waals surface area contributed by atoms with Crippen LogP contribution in [0.25, 0.3) is 0 Å². The largest absolute Gasteiger partial charge is 0.349 e. The molecule has 2 atom stereocenters. The summed E-state index contributed by atoms with van der Waals surface area (Å²) in [6, 6.07) is 6.36. The Bertz CT molecular complexity index is 551. The van der Waals surface area contributed by atoms with E-state index in [1.54, 1.807) is 24.3 Å². The molecule has 1 aromatic carbocycles. The summed E-state index contributed by atoms with van der Waals surface area (Å²) in [4.78, 5) is 0.288. The average molecular weight is 285 g/mol. The molecule has 1 aliphatic rings. The Morgan fingerprint density at radius 3 is 2.37 bits per heavy atom. The summed E-state index contributed by atoms with van der Waals surface area (Å²) in [6.45, 7) is 4.07. The maximum atomic E-state index is 11.4. The summed E-state index contributed by atoms with van der Waals surface area (Å²) < 4.78 is 34.1. The molecule has 0 unspecified atom stereocenters. The zero-order valence-corrected chi connectivity index (χ0v) is 12.1. The van der Waals surface area contributed by atoms with E-state index in [4.69, 9.17) is 15.2 Å². The Kier molecular flexibility index (Phi) is 3.70. The average Bonchev–Trinajstić information content (AvgIpc) is 2.31. The summed E-state index contributed by atoms with van der Waals surface area (Å²) in [6.07, 6.45) is 0.888. The summed E-state index contributed by atoms with van der Waals surface area (Å²) in [7, 11) is -3.18. The Morgan fingerprint density at radius 2 is 1.84 bits per heavy atom. The number of nitrogens with two attached hydrogens (primary N) is 1. The molecule has 5 nitrogen and oxygen atoms in total. The Morgan fingerprint density at radius 1 is 1.26 bits per heavy atom. The van der Waals surface area contributed by atoms with Gasteiger partial charge >= 0.3 is 0 Å². The van der Waals surface area contributed by atoms with Gasteiger partial charge in [-0.05, 0) is 31.5 Å². The first-order chi connectivity index (χ1) is 8.69. The van der Waals surface area contributed by atoms with E-state index in [2.05, 4.69) is 0 Å². The molecule has 1 aliphatic heterocycles. The van der Waals surface area contributed by atoms with Crippen LogP contribution >= 0.6 is 0 Å². The van der Waals surface area contributed by atoms with Crippen LogP contribution in [0, 0.1) is 0 Å². The van der Waals surface area contributed by atoms with Crippen LogP contribution in [0.5, 0.6) is 0 Å². The van der Waals surface area contributed by atoms with Crippen LogP contribution in [-0.2, 0) is 19.3 Å². The van der Waals surface area contributed by atoms with Gasteiger partial charge in [-0.25, -0.2) is 8.42 Å². The van der Waals surface area contributed by atoms with Gasteiger partial charge in [-0.2, -0.15) is 0 Å². The van der Waals surface area contributed by atoms with Crippen LogP contribution in [0.4, 0.5) is 0 Å². The van der Waals surface area contributed by atoms with Crippen molar-refractivity contribution in [3.05, 3.63) is 29.8 Å². The molecule has 1 heterocycles. The second-order valence-electron chi connectivity index (χ2n) is 5.25. The highest BCUT2D eigenvalue weighted by Crippen LogP contribution is 2.32. The van der Waals surface area contributed by atoms with Crippen molar-refractivity contribution in [1.29, 1.82) is 0 Å². The van der Waals surface area contributed by atoms with E-state index in [-0.39, 0.29) is 17.0 Å². The first-order valence-electron chi connectivity index (χ1n) is 6.06. The number of hydrogen-bond acceptors (Lipinski definition) is 5. The van der Waals surface area contributed by atoms with Crippen LogP contribution in [0.3, 0.4) is 0 Å². The zero-order chi connectivity index (χ0) is 14.3. The molecule has 2 N–H and O–H groups in total. The highest BCUT2D eigenvalue weighted by molar-refractivity contribution is 7.90. The highest BCUT2D eigenvalue weighted by atomic mass is 32.2. The van der Waals surface area contributed by atoms with Gasteiger partial charge in [0.1, 0.15) is 6.10 Å². The molecule has 0 amide bonds. The molecule has 0 aromatic heterocycles. The molecule has 0 spiro atoms. The number of benzene rings is 1. The molecule has 1 fully saturated rings. The molecule has 0 bridgehead atoms. The van der Waals surface area contributed by atoms with Crippen LogP contribution < -0.4 is 5.73 Å². The van der Waals surface area contributed by atoms with Crippen molar-refractivity contribution in [1.82, 2.24) is 0 Å². The van der Waals surface area contributed by atoms with Gasteiger partial charge in [-0.15, -0.1) is 0 Å². The third kappa shape index (κ3) is 3.33. The molecule has 0 radical (unpaired) electrons. The van der Waals surface area contributed by atoms with Crippen molar-refractivity contribution in [3.8, 4) is 0 Å². The monoisotopic (exact) mass is 285 g/mol. The molecular weight excluding hydrogens is 266 g/mol. The van der Waals surface area contributed by atoms with Crippen LogP contribution in [-0.4, -0.2) is 33.1 Å². The maximum absolute atomic E-state index is 11.4. The van der Waals surface area contributed by atoms with Crippen LogP contribution in [0.15, 0.2) is 29.2 Å². The molecule has 106 valence electrons. The van der Waals surface area contributed by atoms with E-state index in [9.17, 15) is 8.42 Å². The second-order valence-corrected chi connectivity index (χ2v) is 7.27. The standard InChI is InChI=1S/C13H19NO4S/c1-13(2)17-8-11(14)12(18-13)9-4-6-10(7-5-9)19(3,15)16/h4-7,11-12H,8,14H2,1-3H3/t11-,12-/m0/s1. The van der Waals surface area contributed by atoms with Gasteiger partial charge in [-0.1, -0.05) is 12.1 Å². The lowest BCUT2D eigenvalue weighted by atomic mass is 10.0. The van der Waals surface area contributed by atoms with Crippen molar-refractivity contribution in [2.24, 2.45) is 5.73 Å². The van der Waals surface area contributed by atoms with Gasteiger partial charge in [0, 0.05) is 6.26 Å². The number of rotatable bonds is 2. The van der Waals surface area contributed by atoms with Crippen molar-refractivity contribution in [2.45, 2.75) is 36.7 Å². The minimum absolute atomic E-state index is 0.267. The summed E-state index contributed by atoms with van der Waals surface area (Å²) in [5, 5.41) is 0. The van der Waals surface area contributed by atoms with E-state index in [1.165, 1.54) is 6.26 Å². The molecule has 0 aliphatic carbocycles. The van der Waals surface area contributed by atoms with Crippen molar-refractivity contribution in [3.63, 3.8) is 0 Å². The summed E-state index contributed by atoms with van der Waals surface area (Å²) >= 11 is 0. The smallest absolute Gasteiger partial charge is 0.175 e.